The maximum absolute atomic E-state index is 10.9. The summed E-state index contributed by atoms with van der Waals surface area (Å²) < 4.78 is 0. The summed E-state index contributed by atoms with van der Waals surface area (Å²) in [5.41, 5.74) is 3.40. The number of nitro benzene ring substituents is 1. The molecule has 0 atom stereocenters. The number of nitrogens with zero attached hydrogens (tertiary/aromatic N) is 1. The van der Waals surface area contributed by atoms with Crippen molar-refractivity contribution in [3.05, 3.63) is 58.6 Å². The van der Waals surface area contributed by atoms with Crippen LogP contribution in [-0.4, -0.2) is 4.92 Å². The standard InChI is InChI=1S/C12H11N3O2S/c13-14-9-5-1-3-7-11(9)18-12-8-4-2-6-10(12)15(16)17/h1-8,14H,13H2. The van der Waals surface area contributed by atoms with Crippen molar-refractivity contribution in [2.24, 2.45) is 5.84 Å². The van der Waals surface area contributed by atoms with Gasteiger partial charge in [0.2, 0.25) is 0 Å². The topological polar surface area (TPSA) is 81.2 Å². The smallest absolute Gasteiger partial charge is 0.283 e. The monoisotopic (exact) mass is 261 g/mol. The molecule has 3 N–H and O–H groups in total. The van der Waals surface area contributed by atoms with Gasteiger partial charge >= 0.3 is 0 Å². The Morgan fingerprint density at radius 1 is 1.06 bits per heavy atom. The van der Waals surface area contributed by atoms with Crippen molar-refractivity contribution in [3.63, 3.8) is 0 Å². The largest absolute Gasteiger partial charge is 0.323 e. The second-order valence-corrected chi connectivity index (χ2v) is 4.55. The number of benzene rings is 2. The number of hydrazine groups is 1. The molecule has 0 heterocycles. The lowest BCUT2D eigenvalue weighted by Gasteiger charge is -2.08. The number of nitrogen functional groups attached to an aromatic ring is 1. The second-order valence-electron chi connectivity index (χ2n) is 3.47. The predicted molar refractivity (Wildman–Crippen MR) is 71.5 cm³/mol. The van der Waals surface area contributed by atoms with E-state index in [0.717, 1.165) is 10.6 Å². The predicted octanol–water partition coefficient (Wildman–Crippen LogP) is 3.03. The van der Waals surface area contributed by atoms with Crippen molar-refractivity contribution in [3.8, 4) is 0 Å². The number of nitrogens with two attached hydrogens (primary N) is 1. The molecule has 0 bridgehead atoms. The molecule has 0 fully saturated rings. The maximum atomic E-state index is 10.9. The molecule has 0 aliphatic rings. The van der Waals surface area contributed by atoms with Gasteiger partial charge in [-0.1, -0.05) is 36.0 Å². The molecule has 0 radical (unpaired) electrons. The molecule has 0 aliphatic heterocycles. The normalized spacial score (nSPS) is 10.1. The maximum Gasteiger partial charge on any atom is 0.283 e. The van der Waals surface area contributed by atoms with Crippen molar-refractivity contribution in [1.82, 2.24) is 0 Å². The summed E-state index contributed by atoms with van der Waals surface area (Å²) in [5.74, 6) is 5.40. The summed E-state index contributed by atoms with van der Waals surface area (Å²) in [6.45, 7) is 0. The van der Waals surface area contributed by atoms with E-state index in [1.54, 1.807) is 18.2 Å². The van der Waals surface area contributed by atoms with E-state index < -0.39 is 0 Å². The lowest BCUT2D eigenvalue weighted by Crippen LogP contribution is -2.07. The molecular weight excluding hydrogens is 250 g/mol. The lowest BCUT2D eigenvalue weighted by molar-refractivity contribution is -0.387. The highest BCUT2D eigenvalue weighted by Crippen LogP contribution is 2.37. The molecule has 0 spiro atoms. The van der Waals surface area contributed by atoms with Gasteiger partial charge in [-0.15, -0.1) is 0 Å². The third kappa shape index (κ3) is 2.61. The van der Waals surface area contributed by atoms with E-state index in [9.17, 15) is 10.1 Å². The Kier molecular flexibility index (Phi) is 3.81. The van der Waals surface area contributed by atoms with E-state index in [-0.39, 0.29) is 10.6 Å². The van der Waals surface area contributed by atoms with Gasteiger partial charge in [-0.05, 0) is 18.2 Å². The fourth-order valence-corrected chi connectivity index (χ4v) is 2.50. The Balaban J connectivity index is 2.37. The van der Waals surface area contributed by atoms with Crippen molar-refractivity contribution in [2.75, 3.05) is 5.43 Å². The summed E-state index contributed by atoms with van der Waals surface area (Å²) in [7, 11) is 0. The highest BCUT2D eigenvalue weighted by Gasteiger charge is 2.14. The van der Waals surface area contributed by atoms with Crippen LogP contribution in [0.4, 0.5) is 11.4 Å². The van der Waals surface area contributed by atoms with Gasteiger partial charge in [-0.25, -0.2) is 0 Å². The van der Waals surface area contributed by atoms with Gasteiger partial charge in [-0.2, -0.15) is 0 Å². The Bertz CT molecular complexity index is 575. The van der Waals surface area contributed by atoms with Crippen LogP contribution in [0.25, 0.3) is 0 Å². The van der Waals surface area contributed by atoms with E-state index in [1.807, 2.05) is 24.3 Å². The van der Waals surface area contributed by atoms with Crippen LogP contribution in [0, 0.1) is 10.1 Å². The molecule has 2 aromatic carbocycles. The van der Waals surface area contributed by atoms with E-state index >= 15 is 0 Å². The highest BCUT2D eigenvalue weighted by atomic mass is 32.2. The minimum atomic E-state index is -0.388. The number of hydrogen-bond donors (Lipinski definition) is 2. The first-order valence-electron chi connectivity index (χ1n) is 5.19. The third-order valence-corrected chi connectivity index (χ3v) is 3.47. The molecule has 0 unspecified atom stereocenters. The summed E-state index contributed by atoms with van der Waals surface area (Å²) in [5, 5.41) is 10.9. The number of nitro groups is 1. The molecule has 18 heavy (non-hydrogen) atoms. The molecule has 0 aromatic heterocycles. The Morgan fingerprint density at radius 3 is 2.33 bits per heavy atom. The SMILES string of the molecule is NNc1ccccc1Sc1ccccc1[N+](=O)[O-]. The lowest BCUT2D eigenvalue weighted by atomic mass is 10.3. The van der Waals surface area contributed by atoms with Gasteiger partial charge in [-0.3, -0.25) is 16.0 Å². The number of hydrogen-bond acceptors (Lipinski definition) is 5. The summed E-state index contributed by atoms with van der Waals surface area (Å²) >= 11 is 1.31. The zero-order chi connectivity index (χ0) is 13.0. The molecule has 92 valence electrons. The first-order valence-corrected chi connectivity index (χ1v) is 6.01. The first-order chi connectivity index (χ1) is 8.72. The van der Waals surface area contributed by atoms with Crippen LogP contribution >= 0.6 is 11.8 Å². The van der Waals surface area contributed by atoms with E-state index in [2.05, 4.69) is 5.43 Å². The zero-order valence-corrected chi connectivity index (χ0v) is 10.2. The van der Waals surface area contributed by atoms with E-state index in [4.69, 9.17) is 5.84 Å². The van der Waals surface area contributed by atoms with Crippen LogP contribution in [0.2, 0.25) is 0 Å². The first kappa shape index (κ1) is 12.4. The van der Waals surface area contributed by atoms with Crippen molar-refractivity contribution < 1.29 is 4.92 Å². The van der Waals surface area contributed by atoms with Gasteiger partial charge in [0.25, 0.3) is 5.69 Å². The van der Waals surface area contributed by atoms with Crippen LogP contribution < -0.4 is 11.3 Å². The van der Waals surface area contributed by atoms with Crippen molar-refractivity contribution in [2.45, 2.75) is 9.79 Å². The van der Waals surface area contributed by atoms with Crippen LogP contribution in [0.1, 0.15) is 0 Å². The molecule has 0 amide bonds. The molecule has 0 aliphatic carbocycles. The Labute approximate surface area is 108 Å². The molecule has 0 saturated carbocycles. The molecule has 5 nitrogen and oxygen atoms in total. The number of anilines is 1. The highest BCUT2D eigenvalue weighted by molar-refractivity contribution is 7.99. The van der Waals surface area contributed by atoms with Crippen molar-refractivity contribution in [1.29, 1.82) is 0 Å². The van der Waals surface area contributed by atoms with Crippen LogP contribution in [0.15, 0.2) is 58.3 Å². The zero-order valence-electron chi connectivity index (χ0n) is 9.37. The third-order valence-electron chi connectivity index (χ3n) is 2.32. The summed E-state index contributed by atoms with van der Waals surface area (Å²) in [6, 6.07) is 14.0. The molecular formula is C12H11N3O2S. The minimum absolute atomic E-state index is 0.0920. The quantitative estimate of drug-likeness (QED) is 0.502. The average Bonchev–Trinajstić information content (AvgIpc) is 2.40. The van der Waals surface area contributed by atoms with Crippen LogP contribution in [0.3, 0.4) is 0 Å². The van der Waals surface area contributed by atoms with Gasteiger partial charge in [0.15, 0.2) is 0 Å². The van der Waals surface area contributed by atoms with Gasteiger partial charge in [0, 0.05) is 11.0 Å². The number of para-hydroxylation sites is 2. The van der Waals surface area contributed by atoms with Crippen molar-refractivity contribution >= 4 is 23.1 Å². The average molecular weight is 261 g/mol. The minimum Gasteiger partial charge on any atom is -0.323 e. The molecule has 6 heteroatoms. The van der Waals surface area contributed by atoms with Crippen LogP contribution in [0.5, 0.6) is 0 Å². The Morgan fingerprint density at radius 2 is 1.67 bits per heavy atom. The fourth-order valence-electron chi connectivity index (χ4n) is 1.49. The summed E-state index contributed by atoms with van der Waals surface area (Å²) in [4.78, 5) is 12.0. The second kappa shape index (κ2) is 5.52. The van der Waals surface area contributed by atoms with Gasteiger partial charge < -0.3 is 5.43 Å². The van der Waals surface area contributed by atoms with E-state index in [1.165, 1.54) is 17.8 Å². The summed E-state index contributed by atoms with van der Waals surface area (Å²) in [6.07, 6.45) is 0. The number of rotatable bonds is 4. The molecule has 0 saturated heterocycles. The van der Waals surface area contributed by atoms with Gasteiger partial charge in [0.1, 0.15) is 0 Å². The number of nitrogens with one attached hydrogen (secondary N) is 1. The molecule has 2 rings (SSSR count). The van der Waals surface area contributed by atoms with Gasteiger partial charge in [0.05, 0.1) is 15.5 Å². The Hall–Kier alpha value is -2.05. The van der Waals surface area contributed by atoms with E-state index in [0.29, 0.717) is 4.90 Å². The van der Waals surface area contributed by atoms with Crippen LogP contribution in [-0.2, 0) is 0 Å². The molecule has 2 aromatic rings. The fraction of sp³-hybridized carbons (Fsp3) is 0.